The summed E-state index contributed by atoms with van der Waals surface area (Å²) in [6, 6.07) is 9.87. The number of aromatic nitrogens is 1. The van der Waals surface area contributed by atoms with E-state index in [1.807, 2.05) is 58.9 Å². The van der Waals surface area contributed by atoms with Gasteiger partial charge in [0.25, 0.3) is 0 Å². The molecule has 3 aromatic rings. The van der Waals surface area contributed by atoms with Gasteiger partial charge in [0.05, 0.1) is 28.2 Å². The van der Waals surface area contributed by atoms with Gasteiger partial charge in [0.1, 0.15) is 18.7 Å². The fraction of sp³-hybridized carbons (Fsp3) is 0.500. The van der Waals surface area contributed by atoms with Gasteiger partial charge in [-0.3, -0.25) is 19.2 Å². The highest BCUT2D eigenvalue weighted by atomic mass is 35.5. The minimum Gasteiger partial charge on any atom is -0.489 e. The van der Waals surface area contributed by atoms with Crippen molar-refractivity contribution in [3.05, 3.63) is 70.6 Å². The second kappa shape index (κ2) is 19.3. The molecule has 0 saturated carbocycles. The number of carbonyl (C=O) groups is 4. The number of β-amino-alcohol motifs (C(OH)–C–C–N with tert-alkyl or cyclic N) is 1. The zero-order chi connectivity index (χ0) is 38.2. The van der Waals surface area contributed by atoms with Crippen LogP contribution in [-0.2, 0) is 25.6 Å². The molecule has 5 atom stereocenters. The molecule has 2 aromatic carbocycles. The van der Waals surface area contributed by atoms with Crippen molar-refractivity contribution in [2.24, 2.45) is 16.9 Å². The largest absolute Gasteiger partial charge is 0.489 e. The number of nitrogens with two attached hydrogens (primary N) is 2. The number of thiazole rings is 1. The molecule has 4 amide bonds. The van der Waals surface area contributed by atoms with Gasteiger partial charge in [0, 0.05) is 31.8 Å². The highest BCUT2D eigenvalue weighted by Gasteiger charge is 2.44. The summed E-state index contributed by atoms with van der Waals surface area (Å²) in [4.78, 5) is 58.5. The summed E-state index contributed by atoms with van der Waals surface area (Å²) in [5.41, 5.74) is 15.4. The maximum atomic E-state index is 15.2. The molecular formula is C38H52ClFN6O6S. The number of likely N-dealkylation sites (tertiary alicyclic amines) is 1. The molecule has 1 aromatic heterocycles. The van der Waals surface area contributed by atoms with Crippen molar-refractivity contribution in [2.75, 3.05) is 13.2 Å². The minimum atomic E-state index is -0.979. The topological polar surface area (TPSA) is 190 Å². The van der Waals surface area contributed by atoms with E-state index in [9.17, 15) is 24.3 Å². The van der Waals surface area contributed by atoms with E-state index < -0.39 is 53.2 Å². The van der Waals surface area contributed by atoms with Gasteiger partial charge in [-0.25, -0.2) is 9.37 Å². The number of carbonyl (C=O) groups excluding carboxylic acids is 4. The third-order valence-electron chi connectivity index (χ3n) is 9.17. The van der Waals surface area contributed by atoms with Gasteiger partial charge in [-0.05, 0) is 61.3 Å². The van der Waals surface area contributed by atoms with Gasteiger partial charge in [0.15, 0.2) is 11.6 Å². The first-order valence-corrected chi connectivity index (χ1v) is 18.5. The number of amides is 4. The predicted molar refractivity (Wildman–Crippen MR) is 205 cm³/mol. The molecule has 0 spiro atoms. The minimum absolute atomic E-state index is 0. The van der Waals surface area contributed by atoms with Crippen LogP contribution in [0.5, 0.6) is 5.75 Å². The van der Waals surface area contributed by atoms with E-state index in [0.29, 0.717) is 18.4 Å². The first-order valence-electron chi connectivity index (χ1n) is 17.6. The average Bonchev–Trinajstić information content (AvgIpc) is 3.70. The number of nitrogens with zero attached hydrogens (tertiary/aromatic N) is 2. The normalized spacial score (nSPS) is 17.3. The molecule has 4 rings (SSSR count). The zero-order valence-electron chi connectivity index (χ0n) is 30.9. The summed E-state index contributed by atoms with van der Waals surface area (Å²) >= 11 is 1.56. The van der Waals surface area contributed by atoms with Gasteiger partial charge >= 0.3 is 0 Å². The monoisotopic (exact) mass is 774 g/mol. The van der Waals surface area contributed by atoms with Gasteiger partial charge in [-0.1, -0.05) is 57.2 Å². The van der Waals surface area contributed by atoms with E-state index in [-0.39, 0.29) is 68.9 Å². The third-order valence-corrected chi connectivity index (χ3v) is 10.1. The van der Waals surface area contributed by atoms with Crippen LogP contribution in [-0.4, -0.2) is 76.0 Å². The van der Waals surface area contributed by atoms with Crippen LogP contribution in [0.1, 0.15) is 82.7 Å². The van der Waals surface area contributed by atoms with Crippen molar-refractivity contribution >= 4 is 47.4 Å². The van der Waals surface area contributed by atoms with Crippen LogP contribution in [0.4, 0.5) is 4.39 Å². The summed E-state index contributed by atoms with van der Waals surface area (Å²) in [6.45, 7) is 9.24. The Bertz CT molecular complexity index is 1720. The summed E-state index contributed by atoms with van der Waals surface area (Å²) < 4.78 is 20.7. The number of primary amides is 1. The quantitative estimate of drug-likeness (QED) is 0.142. The van der Waals surface area contributed by atoms with Crippen LogP contribution in [0.15, 0.2) is 48.0 Å². The summed E-state index contributed by atoms with van der Waals surface area (Å²) in [5.74, 6) is -2.25. The van der Waals surface area contributed by atoms with E-state index >= 15 is 4.39 Å². The van der Waals surface area contributed by atoms with E-state index in [0.717, 1.165) is 21.7 Å². The lowest BCUT2D eigenvalue weighted by molar-refractivity contribution is -0.144. The molecule has 1 aliphatic heterocycles. The highest BCUT2D eigenvalue weighted by molar-refractivity contribution is 7.13. The lowest BCUT2D eigenvalue weighted by atomic mass is 9.85. The molecule has 7 N–H and O–H groups in total. The first kappa shape index (κ1) is 43.3. The molecule has 0 unspecified atom stereocenters. The van der Waals surface area contributed by atoms with Crippen LogP contribution < -0.4 is 26.8 Å². The molecule has 1 fully saturated rings. The Morgan fingerprint density at radius 2 is 1.81 bits per heavy atom. The zero-order valence-corrected chi connectivity index (χ0v) is 32.5. The van der Waals surface area contributed by atoms with Crippen LogP contribution >= 0.6 is 23.7 Å². The van der Waals surface area contributed by atoms with Gasteiger partial charge < -0.3 is 36.8 Å². The Labute approximate surface area is 320 Å². The number of aliphatic hydroxyl groups is 1. The Kier molecular flexibility index (Phi) is 15.8. The smallest absolute Gasteiger partial charge is 0.246 e. The van der Waals surface area contributed by atoms with Gasteiger partial charge in [-0.2, -0.15) is 0 Å². The number of halogens is 2. The van der Waals surface area contributed by atoms with Crippen LogP contribution in [0.2, 0.25) is 0 Å². The molecule has 0 bridgehead atoms. The van der Waals surface area contributed by atoms with Gasteiger partial charge in [-0.15, -0.1) is 23.7 Å². The van der Waals surface area contributed by atoms with Gasteiger partial charge in [0.2, 0.25) is 23.6 Å². The molecular weight excluding hydrogens is 723 g/mol. The lowest BCUT2D eigenvalue weighted by Crippen LogP contribution is -2.57. The second-order valence-electron chi connectivity index (χ2n) is 14.5. The van der Waals surface area contributed by atoms with E-state index in [2.05, 4.69) is 15.6 Å². The molecule has 1 aliphatic rings. The number of rotatable bonds is 16. The first-order chi connectivity index (χ1) is 24.5. The third kappa shape index (κ3) is 11.9. The van der Waals surface area contributed by atoms with Crippen molar-refractivity contribution in [3.63, 3.8) is 0 Å². The van der Waals surface area contributed by atoms with Crippen molar-refractivity contribution in [3.8, 4) is 16.2 Å². The summed E-state index contributed by atoms with van der Waals surface area (Å²) in [6.07, 6.45) is 0.167. The SMILES string of the molecule is Cc1ncsc1-c1ccc([C@H](C)NC(=O)[C@@H]2C[C@@H](O)CN2C(=O)[C@@H](NC(=O)CCCc2cccc(OC[C@@H](N)CCC(N)=O)c2F)C(C)(C)C)cc1.Cl. The predicted octanol–water partition coefficient (Wildman–Crippen LogP) is 4.34. The average molecular weight is 775 g/mol. The van der Waals surface area contributed by atoms with Crippen molar-refractivity contribution in [2.45, 2.75) is 103 Å². The number of benzene rings is 2. The van der Waals surface area contributed by atoms with Crippen molar-refractivity contribution in [1.82, 2.24) is 20.5 Å². The lowest BCUT2D eigenvalue weighted by Gasteiger charge is -2.35. The Morgan fingerprint density at radius 1 is 1.11 bits per heavy atom. The molecule has 12 nitrogen and oxygen atoms in total. The molecule has 0 radical (unpaired) electrons. The number of hydrogen-bond acceptors (Lipinski definition) is 9. The summed E-state index contributed by atoms with van der Waals surface area (Å²) in [5, 5.41) is 16.4. The molecule has 1 saturated heterocycles. The van der Waals surface area contributed by atoms with Crippen LogP contribution in [0, 0.1) is 18.2 Å². The maximum absolute atomic E-state index is 15.2. The number of nitrogens with one attached hydrogen (secondary N) is 2. The fourth-order valence-electron chi connectivity index (χ4n) is 6.16. The number of aliphatic hydroxyl groups excluding tert-OH is 1. The van der Waals surface area contributed by atoms with E-state index in [1.165, 1.54) is 11.0 Å². The molecule has 15 heteroatoms. The molecule has 290 valence electrons. The van der Waals surface area contributed by atoms with E-state index in [1.54, 1.807) is 29.0 Å². The second-order valence-corrected chi connectivity index (χ2v) is 15.4. The number of aryl methyl sites for hydroxylation is 2. The maximum Gasteiger partial charge on any atom is 0.246 e. The van der Waals surface area contributed by atoms with E-state index in [4.69, 9.17) is 16.2 Å². The Morgan fingerprint density at radius 3 is 2.43 bits per heavy atom. The van der Waals surface area contributed by atoms with Crippen molar-refractivity contribution < 1.29 is 33.4 Å². The molecule has 53 heavy (non-hydrogen) atoms. The van der Waals surface area contributed by atoms with Crippen LogP contribution in [0.3, 0.4) is 0 Å². The number of hydrogen-bond donors (Lipinski definition) is 5. The Balaban J connectivity index is 0.00000756. The number of ether oxygens (including phenoxy) is 1. The van der Waals surface area contributed by atoms with Crippen LogP contribution in [0.25, 0.3) is 10.4 Å². The fourth-order valence-corrected chi connectivity index (χ4v) is 6.97. The van der Waals surface area contributed by atoms with Crippen molar-refractivity contribution in [1.29, 1.82) is 0 Å². The standard InChI is InChI=1S/C38H51FN6O6S.ClH/c1-22(24-12-14-26(15-13-24)34-23(2)42-21-52-34)43-36(49)29-18-28(46)19-45(29)37(50)35(38(3,4)5)44-32(48)11-7-9-25-8-6-10-30(33(25)39)51-20-27(40)16-17-31(41)47;/h6,8,10,12-15,21-22,27-29,35,46H,7,9,11,16-20,40H2,1-5H3,(H2,41,47)(H,43,49)(H,44,48);1H/t22-,27-,28+,29-,35+;/m0./s1. The highest BCUT2D eigenvalue weighted by Crippen LogP contribution is 2.30. The molecule has 0 aliphatic carbocycles. The molecule has 2 heterocycles. The Hall–Kier alpha value is -4.11. The summed E-state index contributed by atoms with van der Waals surface area (Å²) in [7, 11) is 0.